The number of carbonyl (C=O) groups is 11. The fourth-order valence-electron chi connectivity index (χ4n) is 12.4. The molecule has 2 saturated heterocycles. The molecule has 0 aromatic heterocycles. The highest BCUT2D eigenvalue weighted by Gasteiger charge is 2.45. The summed E-state index contributed by atoms with van der Waals surface area (Å²) in [6, 6.07) is 1.79. The van der Waals surface area contributed by atoms with Gasteiger partial charge in [-0.3, -0.25) is 57.7 Å². The number of hydrogen-bond acceptors (Lipinski definition) is 17. The highest BCUT2D eigenvalue weighted by atomic mass is 16.5. The quantitative estimate of drug-likeness (QED) is 0.0376. The van der Waals surface area contributed by atoms with Crippen LogP contribution in [0.1, 0.15) is 126 Å². The van der Waals surface area contributed by atoms with Gasteiger partial charge in [0.25, 0.3) is 11.8 Å². The lowest BCUT2D eigenvalue weighted by Crippen LogP contribution is -2.62. The summed E-state index contributed by atoms with van der Waals surface area (Å²) in [6.07, 6.45) is 1.69. The first kappa shape index (κ1) is 78.5. The van der Waals surface area contributed by atoms with Gasteiger partial charge in [-0.2, -0.15) is 0 Å². The maximum absolute atomic E-state index is 15.0. The Hall–Kier alpha value is -6.91. The molecule has 3 aliphatic heterocycles. The van der Waals surface area contributed by atoms with Crippen molar-refractivity contribution in [1.82, 2.24) is 51.1 Å². The molecular formula is C66H107N11O16. The maximum atomic E-state index is 15.0. The van der Waals surface area contributed by atoms with Gasteiger partial charge in [-0.25, -0.2) is 4.79 Å². The minimum atomic E-state index is -1.27. The van der Waals surface area contributed by atoms with Crippen LogP contribution in [0.3, 0.4) is 0 Å². The third-order valence-electron chi connectivity index (χ3n) is 18.0. The smallest absolute Gasteiger partial charge is 0.312 e. The van der Waals surface area contributed by atoms with Gasteiger partial charge in [0.2, 0.25) is 41.4 Å². The van der Waals surface area contributed by atoms with Crippen molar-refractivity contribution in [3.63, 3.8) is 0 Å². The number of ketones is 1. The number of nitrogens with two attached hydrogens (primary N) is 1. The van der Waals surface area contributed by atoms with E-state index in [1.165, 1.54) is 31.1 Å². The number of aliphatic hydroxyl groups excluding tert-OH is 1. The number of primary amides is 1. The molecular weight excluding hydrogens is 1200 g/mol. The molecule has 1 aromatic carbocycles. The van der Waals surface area contributed by atoms with E-state index >= 15 is 0 Å². The maximum Gasteiger partial charge on any atom is 0.312 e. The van der Waals surface area contributed by atoms with Crippen molar-refractivity contribution in [3.05, 3.63) is 48.0 Å². The van der Waals surface area contributed by atoms with E-state index in [-0.39, 0.29) is 108 Å². The molecule has 3 heterocycles. The molecule has 12 atom stereocenters. The van der Waals surface area contributed by atoms with Crippen LogP contribution in [-0.4, -0.2) is 243 Å². The molecule has 0 unspecified atom stereocenters. The van der Waals surface area contributed by atoms with E-state index in [1.807, 2.05) is 32.0 Å². The Morgan fingerprint density at radius 2 is 1.35 bits per heavy atom. The van der Waals surface area contributed by atoms with E-state index in [9.17, 15) is 57.8 Å². The number of amides is 11. The van der Waals surface area contributed by atoms with Crippen LogP contribution in [0.4, 0.5) is 4.79 Å². The Bertz CT molecular complexity index is 2670. The largest absolute Gasteiger partial charge is 0.386 e. The Labute approximate surface area is 549 Å². The molecule has 0 saturated carbocycles. The molecule has 0 bridgehead atoms. The summed E-state index contributed by atoms with van der Waals surface area (Å²) in [4.78, 5) is 157. The molecule has 27 nitrogen and oxygen atoms in total. The molecule has 0 radical (unpaired) electrons. The molecule has 93 heavy (non-hydrogen) atoms. The van der Waals surface area contributed by atoms with Crippen LogP contribution in [-0.2, 0) is 66.9 Å². The summed E-state index contributed by atoms with van der Waals surface area (Å²) in [6.45, 7) is 19.0. The first-order chi connectivity index (χ1) is 44.0. The van der Waals surface area contributed by atoms with Crippen LogP contribution < -0.4 is 32.3 Å². The lowest BCUT2D eigenvalue weighted by Gasteiger charge is -2.41. The van der Waals surface area contributed by atoms with Crippen molar-refractivity contribution < 1.29 is 76.8 Å². The number of hydrogen-bond donors (Lipinski definition) is 7. The highest BCUT2D eigenvalue weighted by Crippen LogP contribution is 2.31. The van der Waals surface area contributed by atoms with E-state index in [2.05, 4.69) is 26.6 Å². The topological polar surface area (TPSA) is 347 Å². The van der Waals surface area contributed by atoms with Gasteiger partial charge >= 0.3 is 6.03 Å². The zero-order valence-corrected chi connectivity index (χ0v) is 57.2. The standard InChI is InChI=1S/C66H107N11O16/c1-15-42(8)58(50(90-13)35-54(82)76-29-20-24-48(76)60(91-14)43(9)61(84)69-44(10)59(83)45-21-17-16-18-22-45)74(12)65(88)56(40(4)5)72-63(86)57(41(6)7)73(11)64(87)47(23-19-28-68-66(67)89)70-62(85)55(39(2)3)71-51(79)36-75-31-33-92-37-46(38-93-34-32-75)49(78)27-30-77-52(80)25-26-53(77)81/h16-18,21-22,25-26,39-44,46-48,50,55-60,83H,15,19-20,23-24,27-38H2,1-14H3,(H,69,84)(H,70,85)(H,71,79)(H,72,86)(H3,67,68,89)/t42-,43+,44+,47-,48+,50+,55-,56-,57-,58-,59+,60+/m0/s1. The molecule has 3 aliphatic rings. The zero-order valence-electron chi connectivity index (χ0n) is 57.2. The van der Waals surface area contributed by atoms with E-state index in [4.69, 9.17) is 24.7 Å². The van der Waals surface area contributed by atoms with Crippen LogP contribution in [0.15, 0.2) is 42.5 Å². The first-order valence-electron chi connectivity index (χ1n) is 32.8. The Balaban J connectivity index is 1.45. The summed E-state index contributed by atoms with van der Waals surface area (Å²) in [5, 5.41) is 25.0. The van der Waals surface area contributed by atoms with Crippen molar-refractivity contribution in [3.8, 4) is 0 Å². The number of nitrogens with one attached hydrogen (secondary N) is 5. The predicted octanol–water partition coefficient (Wildman–Crippen LogP) is 1.69. The van der Waals surface area contributed by atoms with Crippen LogP contribution in [0.2, 0.25) is 0 Å². The molecule has 1 aromatic rings. The molecule has 4 rings (SSSR count). The van der Waals surface area contributed by atoms with Gasteiger partial charge in [0.05, 0.1) is 87.7 Å². The predicted molar refractivity (Wildman–Crippen MR) is 346 cm³/mol. The number of benzene rings is 1. The van der Waals surface area contributed by atoms with Crippen LogP contribution >= 0.6 is 0 Å². The number of Topliss-reactive ketones (excluding diaryl/α,β-unsaturated/α-hetero) is 1. The van der Waals surface area contributed by atoms with E-state index in [1.54, 1.807) is 84.4 Å². The second-order valence-electron chi connectivity index (χ2n) is 25.9. The van der Waals surface area contributed by atoms with Gasteiger partial charge in [-0.15, -0.1) is 0 Å². The third kappa shape index (κ3) is 22.9. The average molecular weight is 1310 g/mol. The van der Waals surface area contributed by atoms with Gasteiger partial charge in [-0.05, 0) is 61.8 Å². The van der Waals surface area contributed by atoms with Crippen LogP contribution in [0.5, 0.6) is 0 Å². The number of aliphatic hydroxyl groups is 1. The Morgan fingerprint density at radius 3 is 1.90 bits per heavy atom. The highest BCUT2D eigenvalue weighted by molar-refractivity contribution is 6.13. The second kappa shape index (κ2) is 38.5. The van der Waals surface area contributed by atoms with Crippen molar-refractivity contribution >= 4 is 65.0 Å². The number of rotatable bonds is 35. The van der Waals surface area contributed by atoms with Crippen LogP contribution in [0.25, 0.3) is 0 Å². The zero-order chi connectivity index (χ0) is 69.4. The van der Waals surface area contributed by atoms with Crippen molar-refractivity contribution in [2.75, 3.05) is 94.0 Å². The number of likely N-dealkylation sites (N-methyl/N-ethyl adjacent to an activating group) is 2. The number of imide groups is 1. The van der Waals surface area contributed by atoms with Crippen LogP contribution in [0, 0.1) is 35.5 Å². The minimum Gasteiger partial charge on any atom is -0.386 e. The fourth-order valence-corrected chi connectivity index (χ4v) is 12.4. The van der Waals surface area contributed by atoms with Gasteiger partial charge < -0.3 is 71.1 Å². The lowest BCUT2D eigenvalue weighted by atomic mass is 9.89. The number of nitrogens with zero attached hydrogens (tertiary/aromatic N) is 5. The van der Waals surface area contributed by atoms with Crippen molar-refractivity contribution in [2.45, 2.75) is 175 Å². The fraction of sp³-hybridized carbons (Fsp3) is 0.712. The van der Waals surface area contributed by atoms with Gasteiger partial charge in [0.1, 0.15) is 30.0 Å². The number of urea groups is 1. The molecule has 2 fully saturated rings. The van der Waals surface area contributed by atoms with E-state index in [0.29, 0.717) is 31.4 Å². The molecule has 27 heteroatoms. The molecule has 522 valence electrons. The Kier molecular flexibility index (Phi) is 32.5. The number of likely N-dealkylation sites (tertiary alicyclic amines) is 1. The average Bonchev–Trinajstić information content (AvgIpc) is 1.77. The van der Waals surface area contributed by atoms with E-state index in [0.717, 1.165) is 17.1 Å². The number of methoxy groups -OCH3 is 2. The van der Waals surface area contributed by atoms with Gasteiger partial charge in [0, 0.05) is 79.6 Å². The van der Waals surface area contributed by atoms with Crippen molar-refractivity contribution in [1.29, 1.82) is 0 Å². The number of ether oxygens (including phenoxy) is 4. The van der Waals surface area contributed by atoms with Gasteiger partial charge in [0.15, 0.2) is 0 Å². The molecule has 8 N–H and O–H groups in total. The summed E-state index contributed by atoms with van der Waals surface area (Å²) in [7, 11) is 6.04. The monoisotopic (exact) mass is 1310 g/mol. The van der Waals surface area contributed by atoms with Gasteiger partial charge in [-0.1, -0.05) is 99.1 Å². The lowest BCUT2D eigenvalue weighted by molar-refractivity contribution is -0.149. The van der Waals surface area contributed by atoms with E-state index < -0.39 is 138 Å². The summed E-state index contributed by atoms with van der Waals surface area (Å²) in [5.41, 5.74) is 6.00. The Morgan fingerprint density at radius 1 is 0.742 bits per heavy atom. The summed E-state index contributed by atoms with van der Waals surface area (Å²) < 4.78 is 23.7. The third-order valence-corrected chi connectivity index (χ3v) is 18.0. The molecule has 0 spiro atoms. The first-order valence-corrected chi connectivity index (χ1v) is 32.8. The number of carbonyl (C=O) groups excluding carboxylic acids is 11. The minimum absolute atomic E-state index is 0.0176. The second-order valence-corrected chi connectivity index (χ2v) is 25.9. The summed E-state index contributed by atoms with van der Waals surface area (Å²) >= 11 is 0. The molecule has 0 aliphatic carbocycles. The summed E-state index contributed by atoms with van der Waals surface area (Å²) in [5.74, 6) is -7.74. The SMILES string of the molecule is CC[C@H](C)[C@@H]([C@@H](CC(=O)N1CCC[C@@H]1[C@H](OC)[C@@H](C)C(=O)N[C@H](C)[C@@H](O)c1ccccc1)OC)N(C)C(=O)[C@@H](NC(=O)[C@H](C(C)C)N(C)C(=O)[C@H](CCCNC(N)=O)NC(=O)[C@@H](NC(=O)CN1CCOCC(C(=O)CCN2C(=O)C=CC2=O)COCC1)C(C)C)C(C)C. The normalized spacial score (nSPS) is 19.5. The van der Waals surface area contributed by atoms with Crippen molar-refractivity contribution in [2.24, 2.45) is 41.2 Å². The molecule has 11 amide bonds.